The first-order valence-corrected chi connectivity index (χ1v) is 14.2. The largest absolute Gasteiger partial charge is 0.367 e. The Morgan fingerprint density at radius 2 is 1.82 bits per heavy atom. The van der Waals surface area contributed by atoms with E-state index in [0.29, 0.717) is 17.8 Å². The molecule has 0 aromatic heterocycles. The third-order valence-corrected chi connectivity index (χ3v) is 8.48. The molecule has 0 radical (unpaired) electrons. The molecule has 4 heterocycles. The Morgan fingerprint density at radius 3 is 2.58 bits per heavy atom. The van der Waals surface area contributed by atoms with Gasteiger partial charge in [0.1, 0.15) is 5.83 Å². The summed E-state index contributed by atoms with van der Waals surface area (Å²) in [4.78, 5) is 24.9. The second-order valence-electron chi connectivity index (χ2n) is 11.6. The summed E-state index contributed by atoms with van der Waals surface area (Å²) in [5, 5.41) is 0. The van der Waals surface area contributed by atoms with Crippen LogP contribution in [0.15, 0.2) is 87.3 Å². The summed E-state index contributed by atoms with van der Waals surface area (Å²) in [6.45, 7) is 13.7. The Kier molecular flexibility index (Phi) is 7.71. The summed E-state index contributed by atoms with van der Waals surface area (Å²) < 4.78 is 15.5. The molecule has 1 amide bonds. The number of halogens is 1. The van der Waals surface area contributed by atoms with Crippen molar-refractivity contribution in [2.75, 3.05) is 19.6 Å². The van der Waals surface area contributed by atoms with Crippen molar-refractivity contribution < 1.29 is 9.18 Å². The van der Waals surface area contributed by atoms with Crippen LogP contribution in [0, 0.1) is 5.92 Å². The molecule has 0 aromatic carbocycles. The van der Waals surface area contributed by atoms with Crippen molar-refractivity contribution >= 4 is 11.6 Å². The highest BCUT2D eigenvalue weighted by molar-refractivity contribution is 5.92. The van der Waals surface area contributed by atoms with E-state index in [-0.39, 0.29) is 17.7 Å². The maximum absolute atomic E-state index is 15.5. The predicted octanol–water partition coefficient (Wildman–Crippen LogP) is 6.57. The van der Waals surface area contributed by atoms with Crippen LogP contribution < -0.4 is 0 Å². The third kappa shape index (κ3) is 5.42. The fourth-order valence-electron chi connectivity index (χ4n) is 6.26. The molecule has 1 fully saturated rings. The van der Waals surface area contributed by atoms with E-state index in [1.54, 1.807) is 17.1 Å². The lowest BCUT2D eigenvalue weighted by atomic mass is 9.86. The average Bonchev–Trinajstić information content (AvgIpc) is 2.88. The Hall–Kier alpha value is -2.99. The standard InChI is InChI=1S/C32H41FN4O/c1-21(2)36-16-15-35(19-24(36)5)28-14-13-27-12-9-22(3)29(18-31(38)37(27)20-28)26-8-6-7-25-11-10-23(4)34-32(25)30(33)17-26/h8,12-14,17-18,20-22,24H,6-7,9-11,15-16,19H2,1-5H3/b26-8?,27-12?,29-18+,30-17?. The van der Waals surface area contributed by atoms with Crippen LogP contribution in [0.1, 0.15) is 66.7 Å². The Morgan fingerprint density at radius 1 is 1.03 bits per heavy atom. The van der Waals surface area contributed by atoms with E-state index in [4.69, 9.17) is 0 Å². The van der Waals surface area contributed by atoms with Crippen LogP contribution in [0.4, 0.5) is 4.39 Å². The number of piperazine rings is 1. The smallest absolute Gasteiger partial charge is 0.255 e. The minimum Gasteiger partial charge on any atom is -0.367 e. The van der Waals surface area contributed by atoms with Gasteiger partial charge < -0.3 is 4.90 Å². The second kappa shape index (κ2) is 11.0. The number of amides is 1. The van der Waals surface area contributed by atoms with Gasteiger partial charge in [0.25, 0.3) is 5.91 Å². The number of hydrogen-bond donors (Lipinski definition) is 0. The molecule has 5 rings (SSSR count). The van der Waals surface area contributed by atoms with E-state index >= 15 is 4.39 Å². The number of carbonyl (C=O) groups excluding carboxylic acids is 1. The van der Waals surface area contributed by atoms with Gasteiger partial charge in [-0.15, -0.1) is 0 Å². The maximum Gasteiger partial charge on any atom is 0.255 e. The summed E-state index contributed by atoms with van der Waals surface area (Å²) in [5.41, 5.74) is 6.26. The first-order chi connectivity index (χ1) is 18.2. The molecule has 1 aliphatic carbocycles. The molecule has 0 N–H and O–H groups in total. The van der Waals surface area contributed by atoms with Crippen LogP contribution >= 0.6 is 0 Å². The number of fused-ring (bicyclic) bond motifs is 1. The monoisotopic (exact) mass is 516 g/mol. The van der Waals surface area contributed by atoms with E-state index in [1.165, 1.54) is 0 Å². The molecule has 4 aliphatic heterocycles. The SMILES string of the molecule is CC1=NC2=C(CCC=C(/C3=C/C(=O)N4C=C(N5CCN(C(C)C)C(C)C5)C=CC4=CCC3C)C=C2F)CC1. The number of aliphatic imine (C=N–C) groups is 1. The zero-order valence-corrected chi connectivity index (χ0v) is 23.5. The topological polar surface area (TPSA) is 39.2 Å². The van der Waals surface area contributed by atoms with Crippen LogP contribution in [0.25, 0.3) is 0 Å². The van der Waals surface area contributed by atoms with E-state index in [1.807, 2.05) is 13.1 Å². The highest BCUT2D eigenvalue weighted by atomic mass is 19.1. The highest BCUT2D eigenvalue weighted by Crippen LogP contribution is 2.36. The summed E-state index contributed by atoms with van der Waals surface area (Å²) in [6.07, 6.45) is 17.9. The number of nitrogens with zero attached hydrogens (tertiary/aromatic N) is 4. The van der Waals surface area contributed by atoms with Crippen molar-refractivity contribution in [2.24, 2.45) is 10.9 Å². The van der Waals surface area contributed by atoms with Gasteiger partial charge in [-0.25, -0.2) is 4.39 Å². The molecule has 2 unspecified atom stereocenters. The molecule has 38 heavy (non-hydrogen) atoms. The molecule has 6 heteroatoms. The zero-order chi connectivity index (χ0) is 27.0. The van der Waals surface area contributed by atoms with Crippen LogP contribution in [-0.4, -0.2) is 58.0 Å². The van der Waals surface area contributed by atoms with Crippen LogP contribution in [0.5, 0.6) is 0 Å². The van der Waals surface area contributed by atoms with Gasteiger partial charge in [0.05, 0.1) is 11.4 Å². The second-order valence-corrected chi connectivity index (χ2v) is 11.6. The van der Waals surface area contributed by atoms with Gasteiger partial charge in [0.2, 0.25) is 0 Å². The number of hydrogen-bond acceptors (Lipinski definition) is 4. The maximum atomic E-state index is 15.5. The molecule has 5 nitrogen and oxygen atoms in total. The van der Waals surface area contributed by atoms with E-state index < -0.39 is 0 Å². The molecule has 1 saturated heterocycles. The van der Waals surface area contributed by atoms with E-state index in [0.717, 1.165) is 85.6 Å². The Bertz CT molecular complexity index is 1240. The number of carbonyl (C=O) groups is 1. The van der Waals surface area contributed by atoms with Crippen molar-refractivity contribution in [3.63, 3.8) is 0 Å². The molecule has 0 aromatic rings. The van der Waals surface area contributed by atoms with E-state index in [9.17, 15) is 4.79 Å². The molecule has 5 aliphatic rings. The summed E-state index contributed by atoms with van der Waals surface area (Å²) >= 11 is 0. The lowest BCUT2D eigenvalue weighted by Gasteiger charge is -2.44. The summed E-state index contributed by atoms with van der Waals surface area (Å²) in [5.74, 6) is -0.282. The lowest BCUT2D eigenvalue weighted by Crippen LogP contribution is -2.53. The summed E-state index contributed by atoms with van der Waals surface area (Å²) in [7, 11) is 0. The fourth-order valence-corrected chi connectivity index (χ4v) is 6.26. The first kappa shape index (κ1) is 26.6. The van der Waals surface area contributed by atoms with Crippen LogP contribution in [0.2, 0.25) is 0 Å². The van der Waals surface area contributed by atoms with Gasteiger partial charge in [-0.3, -0.25) is 19.6 Å². The number of allylic oxidation sites excluding steroid dienone is 9. The summed E-state index contributed by atoms with van der Waals surface area (Å²) in [6, 6.07) is 0.976. The molecule has 202 valence electrons. The van der Waals surface area contributed by atoms with Crippen LogP contribution in [-0.2, 0) is 4.79 Å². The van der Waals surface area contributed by atoms with Gasteiger partial charge in [-0.05, 0) is 101 Å². The van der Waals surface area contributed by atoms with Crippen molar-refractivity contribution in [1.82, 2.24) is 14.7 Å². The quantitative estimate of drug-likeness (QED) is 0.426. The molecular weight excluding hydrogens is 475 g/mol. The zero-order valence-electron chi connectivity index (χ0n) is 23.5. The molecule has 0 saturated carbocycles. The van der Waals surface area contributed by atoms with E-state index in [2.05, 4.69) is 66.8 Å². The average molecular weight is 517 g/mol. The van der Waals surface area contributed by atoms with Gasteiger partial charge in [0, 0.05) is 55.4 Å². The van der Waals surface area contributed by atoms with Crippen molar-refractivity contribution in [3.8, 4) is 0 Å². The van der Waals surface area contributed by atoms with Crippen molar-refractivity contribution in [1.29, 1.82) is 0 Å². The van der Waals surface area contributed by atoms with Gasteiger partial charge in [0.15, 0.2) is 0 Å². The van der Waals surface area contributed by atoms with Crippen LogP contribution in [0.3, 0.4) is 0 Å². The van der Waals surface area contributed by atoms with Gasteiger partial charge in [-0.2, -0.15) is 0 Å². The normalized spacial score (nSPS) is 28.6. The minimum atomic E-state index is -0.290. The van der Waals surface area contributed by atoms with Gasteiger partial charge >= 0.3 is 0 Å². The fraction of sp³-hybridized carbons (Fsp3) is 0.500. The first-order valence-electron chi connectivity index (χ1n) is 14.2. The lowest BCUT2D eigenvalue weighted by molar-refractivity contribution is -0.122. The van der Waals surface area contributed by atoms with Crippen molar-refractivity contribution in [2.45, 2.75) is 78.8 Å². The molecule has 0 spiro atoms. The third-order valence-electron chi connectivity index (χ3n) is 8.48. The molecule has 0 bridgehead atoms. The Labute approximate surface area is 227 Å². The molecular formula is C32H41FN4O. The van der Waals surface area contributed by atoms with Gasteiger partial charge in [-0.1, -0.05) is 19.1 Å². The Balaban J connectivity index is 1.41. The predicted molar refractivity (Wildman–Crippen MR) is 153 cm³/mol. The molecule has 2 atom stereocenters. The van der Waals surface area contributed by atoms with Crippen molar-refractivity contribution in [3.05, 3.63) is 82.3 Å². The number of rotatable bonds is 3. The highest BCUT2D eigenvalue weighted by Gasteiger charge is 2.29. The minimum absolute atomic E-state index is 0.0864.